The molecule has 0 saturated heterocycles. The van der Waals surface area contributed by atoms with Crippen molar-refractivity contribution in [3.8, 4) is 11.5 Å². The minimum atomic E-state index is 0.649. The summed E-state index contributed by atoms with van der Waals surface area (Å²) in [5, 5.41) is 3.26. The van der Waals surface area contributed by atoms with Crippen LogP contribution in [0, 0.1) is 0 Å². The van der Waals surface area contributed by atoms with Crippen LogP contribution in [0.4, 0.5) is 5.69 Å². The van der Waals surface area contributed by atoms with Gasteiger partial charge in [0.15, 0.2) is 5.58 Å². The number of rotatable bonds is 3. The molecule has 96 valence electrons. The molecule has 0 spiro atoms. The average Bonchev–Trinajstić information content (AvgIpc) is 2.83. The van der Waals surface area contributed by atoms with Crippen LogP contribution in [-0.2, 0) is 0 Å². The standard InChI is InChI=1S/C15H13BrN2O/c1-2-17-12-7-8-13-14(9-12)19-15(18-13)10-3-5-11(16)6-4-10/h3-9,17H,2H2,1H3. The van der Waals surface area contributed by atoms with Crippen molar-refractivity contribution in [1.82, 2.24) is 4.98 Å². The summed E-state index contributed by atoms with van der Waals surface area (Å²) in [5.74, 6) is 0.649. The maximum Gasteiger partial charge on any atom is 0.227 e. The van der Waals surface area contributed by atoms with Gasteiger partial charge in [-0.15, -0.1) is 0 Å². The lowest BCUT2D eigenvalue weighted by Gasteiger charge is -2.00. The predicted octanol–water partition coefficient (Wildman–Crippen LogP) is 4.69. The number of nitrogens with one attached hydrogen (secondary N) is 1. The third-order valence-corrected chi connectivity index (χ3v) is 3.39. The highest BCUT2D eigenvalue weighted by molar-refractivity contribution is 9.10. The number of fused-ring (bicyclic) bond motifs is 1. The van der Waals surface area contributed by atoms with Crippen molar-refractivity contribution >= 4 is 32.7 Å². The number of oxazole rings is 1. The van der Waals surface area contributed by atoms with Gasteiger partial charge in [0.05, 0.1) is 0 Å². The fourth-order valence-corrected chi connectivity index (χ4v) is 2.22. The molecule has 3 aromatic rings. The topological polar surface area (TPSA) is 38.1 Å². The molecule has 3 nitrogen and oxygen atoms in total. The van der Waals surface area contributed by atoms with Crippen molar-refractivity contribution in [2.45, 2.75) is 6.92 Å². The Balaban J connectivity index is 2.03. The highest BCUT2D eigenvalue weighted by atomic mass is 79.9. The van der Waals surface area contributed by atoms with Gasteiger partial charge < -0.3 is 9.73 Å². The second-order valence-electron chi connectivity index (χ2n) is 4.24. The van der Waals surface area contributed by atoms with Crippen LogP contribution in [-0.4, -0.2) is 11.5 Å². The fraction of sp³-hybridized carbons (Fsp3) is 0.133. The van der Waals surface area contributed by atoms with Crippen LogP contribution in [0.1, 0.15) is 6.92 Å². The zero-order chi connectivity index (χ0) is 13.2. The molecule has 0 fully saturated rings. The van der Waals surface area contributed by atoms with Crippen LogP contribution in [0.5, 0.6) is 0 Å². The minimum absolute atomic E-state index is 0.649. The van der Waals surface area contributed by atoms with E-state index in [1.165, 1.54) is 0 Å². The zero-order valence-electron chi connectivity index (χ0n) is 10.5. The summed E-state index contributed by atoms with van der Waals surface area (Å²) in [7, 11) is 0. The lowest BCUT2D eigenvalue weighted by Crippen LogP contribution is -1.95. The molecule has 0 unspecified atom stereocenters. The Hall–Kier alpha value is -1.81. The number of benzene rings is 2. The maximum atomic E-state index is 5.81. The van der Waals surface area contributed by atoms with E-state index in [0.717, 1.165) is 33.4 Å². The van der Waals surface area contributed by atoms with Gasteiger partial charge in [0.25, 0.3) is 0 Å². The zero-order valence-corrected chi connectivity index (χ0v) is 12.1. The first-order valence-electron chi connectivity index (χ1n) is 6.16. The van der Waals surface area contributed by atoms with Gasteiger partial charge in [-0.3, -0.25) is 0 Å². The molecule has 19 heavy (non-hydrogen) atoms. The smallest absolute Gasteiger partial charge is 0.227 e. The largest absolute Gasteiger partial charge is 0.436 e. The van der Waals surface area contributed by atoms with Gasteiger partial charge in [0.1, 0.15) is 5.52 Å². The summed E-state index contributed by atoms with van der Waals surface area (Å²) < 4.78 is 6.86. The first kappa shape index (κ1) is 12.2. The number of halogens is 1. The van der Waals surface area contributed by atoms with E-state index in [1.807, 2.05) is 42.5 Å². The maximum absolute atomic E-state index is 5.81. The molecular formula is C15H13BrN2O. The SMILES string of the molecule is CCNc1ccc2nc(-c3ccc(Br)cc3)oc2c1. The van der Waals surface area contributed by atoms with Crippen LogP contribution in [0.15, 0.2) is 51.4 Å². The quantitative estimate of drug-likeness (QED) is 0.761. The van der Waals surface area contributed by atoms with Crippen molar-refractivity contribution in [2.24, 2.45) is 0 Å². The number of hydrogen-bond acceptors (Lipinski definition) is 3. The third kappa shape index (κ3) is 2.49. The highest BCUT2D eigenvalue weighted by Crippen LogP contribution is 2.27. The molecule has 1 heterocycles. The molecule has 0 aliphatic carbocycles. The Labute approximate surface area is 119 Å². The Morgan fingerprint density at radius 2 is 1.95 bits per heavy atom. The Bertz CT molecular complexity index is 704. The van der Waals surface area contributed by atoms with Gasteiger partial charge in [0, 0.05) is 28.3 Å². The number of aromatic nitrogens is 1. The van der Waals surface area contributed by atoms with Crippen LogP contribution < -0.4 is 5.32 Å². The van der Waals surface area contributed by atoms with E-state index in [-0.39, 0.29) is 0 Å². The second-order valence-corrected chi connectivity index (χ2v) is 5.15. The molecule has 3 rings (SSSR count). The molecule has 0 aliphatic heterocycles. The lowest BCUT2D eigenvalue weighted by molar-refractivity contribution is 0.620. The molecule has 2 aromatic carbocycles. The fourth-order valence-electron chi connectivity index (χ4n) is 1.95. The van der Waals surface area contributed by atoms with E-state index in [9.17, 15) is 0 Å². The van der Waals surface area contributed by atoms with Crippen LogP contribution in [0.2, 0.25) is 0 Å². The molecular weight excluding hydrogens is 304 g/mol. The molecule has 1 N–H and O–H groups in total. The van der Waals surface area contributed by atoms with Crippen molar-refractivity contribution in [3.05, 3.63) is 46.9 Å². The van der Waals surface area contributed by atoms with Gasteiger partial charge in [-0.25, -0.2) is 4.98 Å². The van der Waals surface area contributed by atoms with Crippen LogP contribution in [0.3, 0.4) is 0 Å². The van der Waals surface area contributed by atoms with E-state index < -0.39 is 0 Å². The monoisotopic (exact) mass is 316 g/mol. The van der Waals surface area contributed by atoms with Gasteiger partial charge in [-0.1, -0.05) is 15.9 Å². The van der Waals surface area contributed by atoms with E-state index in [0.29, 0.717) is 5.89 Å². The summed E-state index contributed by atoms with van der Waals surface area (Å²) in [4.78, 5) is 4.50. The molecule has 0 saturated carbocycles. The second kappa shape index (κ2) is 5.05. The first-order valence-corrected chi connectivity index (χ1v) is 6.96. The average molecular weight is 317 g/mol. The van der Waals surface area contributed by atoms with Crippen molar-refractivity contribution in [3.63, 3.8) is 0 Å². The Morgan fingerprint density at radius 3 is 2.68 bits per heavy atom. The lowest BCUT2D eigenvalue weighted by atomic mass is 10.2. The summed E-state index contributed by atoms with van der Waals surface area (Å²) >= 11 is 3.42. The van der Waals surface area contributed by atoms with Crippen LogP contribution >= 0.6 is 15.9 Å². The molecule has 0 bridgehead atoms. The predicted molar refractivity (Wildman–Crippen MR) is 81.3 cm³/mol. The van der Waals surface area contributed by atoms with E-state index in [2.05, 4.69) is 33.2 Å². The summed E-state index contributed by atoms with van der Waals surface area (Å²) in [6.45, 7) is 2.96. The first-order chi connectivity index (χ1) is 9.26. The summed E-state index contributed by atoms with van der Waals surface area (Å²) in [6, 6.07) is 13.9. The van der Waals surface area contributed by atoms with Gasteiger partial charge in [0.2, 0.25) is 5.89 Å². The minimum Gasteiger partial charge on any atom is -0.436 e. The van der Waals surface area contributed by atoms with E-state index in [1.54, 1.807) is 0 Å². The Kier molecular flexibility index (Phi) is 3.25. The normalized spacial score (nSPS) is 10.8. The van der Waals surface area contributed by atoms with E-state index in [4.69, 9.17) is 4.42 Å². The number of anilines is 1. The van der Waals surface area contributed by atoms with Crippen molar-refractivity contribution < 1.29 is 4.42 Å². The molecule has 0 radical (unpaired) electrons. The van der Waals surface area contributed by atoms with Crippen molar-refractivity contribution in [1.29, 1.82) is 0 Å². The van der Waals surface area contributed by atoms with Crippen LogP contribution in [0.25, 0.3) is 22.6 Å². The third-order valence-electron chi connectivity index (χ3n) is 2.86. The Morgan fingerprint density at radius 1 is 1.16 bits per heavy atom. The van der Waals surface area contributed by atoms with Crippen molar-refractivity contribution in [2.75, 3.05) is 11.9 Å². The van der Waals surface area contributed by atoms with E-state index >= 15 is 0 Å². The molecule has 4 heteroatoms. The summed E-state index contributed by atoms with van der Waals surface area (Å²) in [6.07, 6.45) is 0. The molecule has 1 aromatic heterocycles. The molecule has 0 atom stereocenters. The highest BCUT2D eigenvalue weighted by Gasteiger charge is 2.08. The molecule has 0 amide bonds. The summed E-state index contributed by atoms with van der Waals surface area (Å²) in [5.41, 5.74) is 3.70. The molecule has 0 aliphatic rings. The number of hydrogen-bond donors (Lipinski definition) is 1. The van der Waals surface area contributed by atoms with Gasteiger partial charge >= 0.3 is 0 Å². The van der Waals surface area contributed by atoms with Gasteiger partial charge in [-0.2, -0.15) is 0 Å². The number of nitrogens with zero attached hydrogens (tertiary/aromatic N) is 1. The van der Waals surface area contributed by atoms with Gasteiger partial charge in [-0.05, 0) is 43.3 Å².